The molecule has 0 aliphatic rings. The zero-order valence-electron chi connectivity index (χ0n) is 13.5. The molecule has 0 aromatic heterocycles. The van der Waals surface area contributed by atoms with Crippen LogP contribution in [0, 0.1) is 5.41 Å². The molecule has 0 saturated heterocycles. The number of methoxy groups -OCH3 is 1. The van der Waals surface area contributed by atoms with E-state index < -0.39 is 0 Å². The number of ether oxygens (including phenoxy) is 1. The lowest BCUT2D eigenvalue weighted by Gasteiger charge is -2.33. The Kier molecular flexibility index (Phi) is 4.51. The Morgan fingerprint density at radius 2 is 1.52 bits per heavy atom. The van der Waals surface area contributed by atoms with Gasteiger partial charge in [0.2, 0.25) is 0 Å². The normalized spacial score (nSPS) is 11.2. The molecule has 0 fully saturated rings. The van der Waals surface area contributed by atoms with Crippen molar-refractivity contribution in [2.24, 2.45) is 0 Å². The smallest absolute Gasteiger partial charge is 0.129 e. The van der Waals surface area contributed by atoms with Gasteiger partial charge in [0, 0.05) is 23.0 Å². The summed E-state index contributed by atoms with van der Waals surface area (Å²) in [7, 11) is 1.68. The Morgan fingerprint density at radius 1 is 0.952 bits per heavy atom. The molecule has 3 nitrogen and oxygen atoms in total. The standard InChI is InChI=1S/C18H24N2O/c1-12(2)20(13(3)4)18(19)16-10-11-17(21-5)15-9-7-6-8-14(15)16/h6-13,19H,1-5H3. The minimum atomic E-state index is 0.290. The summed E-state index contributed by atoms with van der Waals surface area (Å²) in [6, 6.07) is 12.6. The van der Waals surface area contributed by atoms with Crippen molar-refractivity contribution in [1.82, 2.24) is 4.90 Å². The average molecular weight is 284 g/mol. The summed E-state index contributed by atoms with van der Waals surface area (Å²) in [4.78, 5) is 2.13. The highest BCUT2D eigenvalue weighted by Crippen LogP contribution is 2.29. The van der Waals surface area contributed by atoms with Gasteiger partial charge < -0.3 is 9.64 Å². The zero-order valence-corrected chi connectivity index (χ0v) is 13.5. The van der Waals surface area contributed by atoms with Gasteiger partial charge >= 0.3 is 0 Å². The summed E-state index contributed by atoms with van der Waals surface area (Å²) in [5.41, 5.74) is 0.953. The quantitative estimate of drug-likeness (QED) is 0.671. The molecule has 2 aromatic rings. The van der Waals surface area contributed by atoms with Gasteiger partial charge in [-0.15, -0.1) is 0 Å². The second-order valence-electron chi connectivity index (χ2n) is 5.80. The van der Waals surface area contributed by atoms with Crippen molar-refractivity contribution in [1.29, 1.82) is 5.41 Å². The first-order valence-electron chi connectivity index (χ1n) is 7.40. The van der Waals surface area contributed by atoms with Gasteiger partial charge in [0.15, 0.2) is 0 Å². The van der Waals surface area contributed by atoms with Crippen molar-refractivity contribution < 1.29 is 4.74 Å². The van der Waals surface area contributed by atoms with E-state index in [2.05, 4.69) is 38.7 Å². The topological polar surface area (TPSA) is 36.3 Å². The predicted octanol–water partition coefficient (Wildman–Crippen LogP) is 4.29. The first kappa shape index (κ1) is 15.4. The number of nitrogens with one attached hydrogen (secondary N) is 1. The molecule has 0 aliphatic carbocycles. The highest BCUT2D eigenvalue weighted by Gasteiger charge is 2.20. The van der Waals surface area contributed by atoms with Crippen LogP contribution in [0.4, 0.5) is 0 Å². The Bertz CT molecular complexity index is 639. The predicted molar refractivity (Wildman–Crippen MR) is 89.4 cm³/mol. The number of fused-ring (bicyclic) bond motifs is 1. The molecule has 0 aliphatic heterocycles. The molecule has 1 N–H and O–H groups in total. The molecular formula is C18H24N2O. The minimum absolute atomic E-state index is 0.290. The fraction of sp³-hybridized carbons (Fsp3) is 0.389. The molecule has 112 valence electrons. The van der Waals surface area contributed by atoms with Crippen LogP contribution < -0.4 is 4.74 Å². The number of rotatable bonds is 4. The minimum Gasteiger partial charge on any atom is -0.496 e. The van der Waals surface area contributed by atoms with Gasteiger partial charge in [-0.3, -0.25) is 5.41 Å². The lowest BCUT2D eigenvalue weighted by Crippen LogP contribution is -2.42. The average Bonchev–Trinajstić information content (AvgIpc) is 2.45. The van der Waals surface area contributed by atoms with Crippen LogP contribution in [-0.2, 0) is 0 Å². The Labute approximate surface area is 127 Å². The molecule has 0 saturated carbocycles. The second-order valence-corrected chi connectivity index (χ2v) is 5.80. The Balaban J connectivity index is 2.59. The molecule has 2 aromatic carbocycles. The molecule has 0 radical (unpaired) electrons. The molecule has 0 amide bonds. The Hall–Kier alpha value is -2.03. The number of hydrogen-bond acceptors (Lipinski definition) is 2. The monoisotopic (exact) mass is 284 g/mol. The number of nitrogens with zero attached hydrogens (tertiary/aromatic N) is 1. The van der Waals surface area contributed by atoms with Crippen LogP contribution in [0.3, 0.4) is 0 Å². The van der Waals surface area contributed by atoms with Crippen LogP contribution in [0.5, 0.6) is 5.75 Å². The highest BCUT2D eigenvalue weighted by atomic mass is 16.5. The number of hydrogen-bond donors (Lipinski definition) is 1. The van der Waals surface area contributed by atoms with E-state index in [1.54, 1.807) is 7.11 Å². The van der Waals surface area contributed by atoms with Gasteiger partial charge in [-0.25, -0.2) is 0 Å². The fourth-order valence-electron chi connectivity index (χ4n) is 2.91. The lowest BCUT2D eigenvalue weighted by molar-refractivity contribution is 0.291. The van der Waals surface area contributed by atoms with Crippen LogP contribution >= 0.6 is 0 Å². The maximum Gasteiger partial charge on any atom is 0.129 e. The van der Waals surface area contributed by atoms with Crippen molar-refractivity contribution in [3.8, 4) is 5.75 Å². The van der Waals surface area contributed by atoms with E-state index in [0.717, 1.165) is 22.1 Å². The van der Waals surface area contributed by atoms with Crippen molar-refractivity contribution in [3.05, 3.63) is 42.0 Å². The summed E-state index contributed by atoms with van der Waals surface area (Å²) in [6.45, 7) is 8.50. The molecule has 0 spiro atoms. The lowest BCUT2D eigenvalue weighted by atomic mass is 10.0. The molecule has 0 bridgehead atoms. The number of amidine groups is 1. The molecule has 3 heteroatoms. The van der Waals surface area contributed by atoms with E-state index in [1.165, 1.54) is 0 Å². The van der Waals surface area contributed by atoms with Crippen molar-refractivity contribution in [2.75, 3.05) is 7.11 Å². The van der Waals surface area contributed by atoms with Gasteiger partial charge in [0.1, 0.15) is 11.6 Å². The molecule has 0 atom stereocenters. The van der Waals surface area contributed by atoms with Crippen molar-refractivity contribution in [2.45, 2.75) is 39.8 Å². The fourth-order valence-corrected chi connectivity index (χ4v) is 2.91. The van der Waals surface area contributed by atoms with E-state index in [1.807, 2.05) is 30.3 Å². The van der Waals surface area contributed by atoms with Crippen molar-refractivity contribution >= 4 is 16.6 Å². The SMILES string of the molecule is COc1ccc(C(=N)N(C(C)C)C(C)C)c2ccccc12. The molecule has 0 unspecified atom stereocenters. The molecule has 0 heterocycles. The van der Waals surface area contributed by atoms with Crippen molar-refractivity contribution in [3.63, 3.8) is 0 Å². The van der Waals surface area contributed by atoms with E-state index >= 15 is 0 Å². The Morgan fingerprint density at radius 3 is 2.05 bits per heavy atom. The summed E-state index contributed by atoms with van der Waals surface area (Å²) >= 11 is 0. The van der Waals surface area contributed by atoms with E-state index in [0.29, 0.717) is 17.9 Å². The highest BCUT2D eigenvalue weighted by molar-refractivity contribution is 6.09. The molecular weight excluding hydrogens is 260 g/mol. The largest absolute Gasteiger partial charge is 0.496 e. The van der Waals surface area contributed by atoms with Gasteiger partial charge in [0.05, 0.1) is 7.11 Å². The van der Waals surface area contributed by atoms with Crippen LogP contribution in [0.2, 0.25) is 0 Å². The maximum absolute atomic E-state index is 8.64. The van der Waals surface area contributed by atoms with E-state index in [9.17, 15) is 0 Å². The van der Waals surface area contributed by atoms with Crippen LogP contribution in [0.25, 0.3) is 10.8 Å². The molecule has 21 heavy (non-hydrogen) atoms. The summed E-state index contributed by atoms with van der Waals surface area (Å²) in [5.74, 6) is 1.42. The van der Waals surface area contributed by atoms with E-state index in [-0.39, 0.29) is 0 Å². The third kappa shape index (κ3) is 2.87. The summed E-state index contributed by atoms with van der Waals surface area (Å²) in [6.07, 6.45) is 0. The first-order chi connectivity index (χ1) is 9.97. The third-order valence-corrected chi connectivity index (χ3v) is 3.73. The summed E-state index contributed by atoms with van der Waals surface area (Å²) < 4.78 is 5.43. The second kappa shape index (κ2) is 6.17. The first-order valence-corrected chi connectivity index (χ1v) is 7.40. The van der Waals surface area contributed by atoms with Gasteiger partial charge in [-0.05, 0) is 45.2 Å². The number of benzene rings is 2. The van der Waals surface area contributed by atoms with E-state index in [4.69, 9.17) is 10.1 Å². The van der Waals surface area contributed by atoms with Crippen LogP contribution in [0.15, 0.2) is 36.4 Å². The summed E-state index contributed by atoms with van der Waals surface area (Å²) in [5, 5.41) is 10.8. The third-order valence-electron chi connectivity index (χ3n) is 3.73. The van der Waals surface area contributed by atoms with Crippen LogP contribution in [-0.4, -0.2) is 29.9 Å². The van der Waals surface area contributed by atoms with Gasteiger partial charge in [-0.2, -0.15) is 0 Å². The molecule has 2 rings (SSSR count). The maximum atomic E-state index is 8.64. The zero-order chi connectivity index (χ0) is 15.6. The van der Waals surface area contributed by atoms with Gasteiger partial charge in [-0.1, -0.05) is 24.3 Å². The van der Waals surface area contributed by atoms with Crippen LogP contribution in [0.1, 0.15) is 33.3 Å². The van der Waals surface area contributed by atoms with Gasteiger partial charge in [0.25, 0.3) is 0 Å².